The van der Waals surface area contributed by atoms with Crippen LogP contribution in [0.2, 0.25) is 0 Å². The first-order valence-electron chi connectivity index (χ1n) is 7.62. The van der Waals surface area contributed by atoms with Gasteiger partial charge in [0.1, 0.15) is 18.5 Å². The van der Waals surface area contributed by atoms with Crippen LogP contribution in [0.3, 0.4) is 0 Å². The molecule has 2 aliphatic heterocycles. The average Bonchev–Trinajstić information content (AvgIpc) is 2.97. The number of aliphatic hydroxyl groups excluding tert-OH is 1. The summed E-state index contributed by atoms with van der Waals surface area (Å²) in [7, 11) is 0. The summed E-state index contributed by atoms with van der Waals surface area (Å²) in [5.74, 6) is 0.826. The van der Waals surface area contributed by atoms with Gasteiger partial charge in [-0.3, -0.25) is 4.90 Å². The van der Waals surface area contributed by atoms with Crippen molar-refractivity contribution in [2.24, 2.45) is 0 Å². The van der Waals surface area contributed by atoms with E-state index in [4.69, 9.17) is 9.47 Å². The molecule has 1 saturated heterocycles. The Morgan fingerprint density at radius 1 is 1.15 bits per heavy atom. The van der Waals surface area contributed by atoms with Gasteiger partial charge in [-0.2, -0.15) is 0 Å². The summed E-state index contributed by atoms with van der Waals surface area (Å²) in [6.45, 7) is 2.24. The zero-order chi connectivity index (χ0) is 13.5. The van der Waals surface area contributed by atoms with Crippen molar-refractivity contribution in [2.75, 3.05) is 19.8 Å². The topological polar surface area (TPSA) is 41.9 Å². The number of ether oxygens (including phenoxy) is 2. The van der Waals surface area contributed by atoms with Crippen LogP contribution in [0.4, 0.5) is 0 Å². The fraction of sp³-hybridized carbons (Fsp3) is 0.625. The van der Waals surface area contributed by atoms with E-state index in [0.717, 1.165) is 30.9 Å². The average molecular weight is 275 g/mol. The van der Waals surface area contributed by atoms with Crippen LogP contribution in [0, 0.1) is 0 Å². The minimum atomic E-state index is -0.459. The van der Waals surface area contributed by atoms with Gasteiger partial charge >= 0.3 is 0 Å². The Morgan fingerprint density at radius 2 is 2.05 bits per heavy atom. The van der Waals surface area contributed by atoms with E-state index >= 15 is 0 Å². The van der Waals surface area contributed by atoms with Crippen LogP contribution in [0.25, 0.3) is 0 Å². The molecule has 4 rings (SSSR count). The molecule has 0 aromatic heterocycles. The summed E-state index contributed by atoms with van der Waals surface area (Å²) in [6.07, 6.45) is 3.45. The molecule has 4 heteroatoms. The molecular weight excluding hydrogens is 254 g/mol. The summed E-state index contributed by atoms with van der Waals surface area (Å²) < 4.78 is 11.7. The molecule has 0 amide bonds. The highest BCUT2D eigenvalue weighted by Crippen LogP contribution is 2.38. The van der Waals surface area contributed by atoms with Gasteiger partial charge < -0.3 is 14.6 Å². The molecule has 0 bridgehead atoms. The van der Waals surface area contributed by atoms with E-state index in [1.807, 2.05) is 24.3 Å². The summed E-state index contributed by atoms with van der Waals surface area (Å²) >= 11 is 0. The predicted octanol–water partition coefficient (Wildman–Crippen LogP) is 1.73. The van der Waals surface area contributed by atoms with E-state index in [-0.39, 0.29) is 6.04 Å². The third-order valence-corrected chi connectivity index (χ3v) is 4.96. The second kappa shape index (κ2) is 5.02. The number of nitrogens with zero attached hydrogens (tertiary/aromatic N) is 1. The Labute approximate surface area is 119 Å². The molecule has 4 atom stereocenters. The minimum absolute atomic E-state index is 0.0550. The Bertz CT molecular complexity index is 492. The fourth-order valence-corrected chi connectivity index (χ4v) is 3.97. The predicted molar refractivity (Wildman–Crippen MR) is 74.8 cm³/mol. The third kappa shape index (κ3) is 1.94. The number of hydrogen-bond donors (Lipinski definition) is 1. The number of morpholine rings is 1. The molecule has 1 saturated carbocycles. The summed E-state index contributed by atoms with van der Waals surface area (Å²) in [4.78, 5) is 2.43. The second-order valence-corrected chi connectivity index (χ2v) is 6.01. The monoisotopic (exact) mass is 275 g/mol. The molecular formula is C16H21NO3. The SMILES string of the molecule is OC1c2ccccc2OCC1N1CCOC2CCCC21. The van der Waals surface area contributed by atoms with E-state index in [1.165, 1.54) is 12.8 Å². The summed E-state index contributed by atoms with van der Waals surface area (Å²) in [5.41, 5.74) is 0.921. The van der Waals surface area contributed by atoms with Gasteiger partial charge in [0.25, 0.3) is 0 Å². The van der Waals surface area contributed by atoms with Crippen molar-refractivity contribution in [1.82, 2.24) is 4.90 Å². The zero-order valence-electron chi connectivity index (χ0n) is 11.6. The molecule has 0 spiro atoms. The van der Waals surface area contributed by atoms with Crippen molar-refractivity contribution in [1.29, 1.82) is 0 Å². The maximum atomic E-state index is 10.7. The molecule has 1 N–H and O–H groups in total. The lowest BCUT2D eigenvalue weighted by Gasteiger charge is -2.45. The van der Waals surface area contributed by atoms with Crippen molar-refractivity contribution in [2.45, 2.75) is 43.6 Å². The van der Waals surface area contributed by atoms with E-state index in [2.05, 4.69) is 4.90 Å². The molecule has 4 unspecified atom stereocenters. The van der Waals surface area contributed by atoms with Gasteiger partial charge in [0.15, 0.2) is 0 Å². The highest BCUT2D eigenvalue weighted by atomic mass is 16.5. The van der Waals surface area contributed by atoms with Crippen LogP contribution >= 0.6 is 0 Å². The first kappa shape index (κ1) is 12.6. The van der Waals surface area contributed by atoms with Crippen LogP contribution in [0.5, 0.6) is 5.75 Å². The molecule has 1 aromatic rings. The molecule has 1 aromatic carbocycles. The van der Waals surface area contributed by atoms with Crippen LogP contribution in [-0.2, 0) is 4.74 Å². The van der Waals surface area contributed by atoms with Crippen molar-refractivity contribution in [3.8, 4) is 5.75 Å². The first-order chi connectivity index (χ1) is 9.84. The molecule has 20 heavy (non-hydrogen) atoms. The van der Waals surface area contributed by atoms with Gasteiger partial charge in [-0.1, -0.05) is 18.2 Å². The molecule has 108 valence electrons. The molecule has 0 radical (unpaired) electrons. The quantitative estimate of drug-likeness (QED) is 0.847. The van der Waals surface area contributed by atoms with Gasteiger partial charge in [-0.15, -0.1) is 0 Å². The van der Waals surface area contributed by atoms with Gasteiger partial charge in [0, 0.05) is 18.2 Å². The van der Waals surface area contributed by atoms with Gasteiger partial charge in [0.2, 0.25) is 0 Å². The van der Waals surface area contributed by atoms with Crippen molar-refractivity contribution >= 4 is 0 Å². The minimum Gasteiger partial charge on any atom is -0.491 e. The van der Waals surface area contributed by atoms with E-state index in [9.17, 15) is 5.11 Å². The van der Waals surface area contributed by atoms with E-state index < -0.39 is 6.10 Å². The molecule has 2 heterocycles. The van der Waals surface area contributed by atoms with Crippen LogP contribution in [0.15, 0.2) is 24.3 Å². The Morgan fingerprint density at radius 3 is 3.00 bits per heavy atom. The maximum absolute atomic E-state index is 10.7. The number of aliphatic hydroxyl groups is 1. The van der Waals surface area contributed by atoms with Gasteiger partial charge in [-0.25, -0.2) is 0 Å². The fourth-order valence-electron chi connectivity index (χ4n) is 3.97. The lowest BCUT2D eigenvalue weighted by atomic mass is 9.95. The smallest absolute Gasteiger partial charge is 0.125 e. The van der Waals surface area contributed by atoms with Crippen LogP contribution in [0.1, 0.15) is 30.9 Å². The number of fused-ring (bicyclic) bond motifs is 2. The Kier molecular flexibility index (Phi) is 3.17. The van der Waals surface area contributed by atoms with Gasteiger partial charge in [-0.05, 0) is 25.3 Å². The highest BCUT2D eigenvalue weighted by molar-refractivity contribution is 5.37. The lowest BCUT2D eigenvalue weighted by Crippen LogP contribution is -2.57. The molecule has 1 aliphatic carbocycles. The van der Waals surface area contributed by atoms with E-state index in [1.54, 1.807) is 0 Å². The third-order valence-electron chi connectivity index (χ3n) is 4.96. The number of rotatable bonds is 1. The lowest BCUT2D eigenvalue weighted by molar-refractivity contribution is -0.104. The standard InChI is InChI=1S/C16H21NO3/c18-16-11-4-1-2-6-14(11)20-10-13(16)17-8-9-19-15-7-3-5-12(15)17/h1-2,4,6,12-13,15-16,18H,3,5,7-10H2. The Hall–Kier alpha value is -1.10. The van der Waals surface area contributed by atoms with Crippen LogP contribution < -0.4 is 4.74 Å². The van der Waals surface area contributed by atoms with Gasteiger partial charge in [0.05, 0.1) is 18.8 Å². The Balaban J connectivity index is 1.60. The first-order valence-corrected chi connectivity index (χ1v) is 7.62. The maximum Gasteiger partial charge on any atom is 0.125 e. The second-order valence-electron chi connectivity index (χ2n) is 6.01. The van der Waals surface area contributed by atoms with Crippen molar-refractivity contribution < 1.29 is 14.6 Å². The van der Waals surface area contributed by atoms with Crippen molar-refractivity contribution in [3.05, 3.63) is 29.8 Å². The largest absolute Gasteiger partial charge is 0.491 e. The van der Waals surface area contributed by atoms with E-state index in [0.29, 0.717) is 18.8 Å². The summed E-state index contributed by atoms with van der Waals surface area (Å²) in [5, 5.41) is 10.7. The van der Waals surface area contributed by atoms with Crippen molar-refractivity contribution in [3.63, 3.8) is 0 Å². The van der Waals surface area contributed by atoms with Crippen LogP contribution in [-0.4, -0.2) is 48.0 Å². The number of hydrogen-bond acceptors (Lipinski definition) is 4. The molecule has 2 fully saturated rings. The number of benzene rings is 1. The number of para-hydroxylation sites is 1. The summed E-state index contributed by atoms with van der Waals surface area (Å²) in [6, 6.07) is 8.33. The normalized spacial score (nSPS) is 37.0. The molecule has 3 aliphatic rings. The highest BCUT2D eigenvalue weighted by Gasteiger charge is 2.43. The zero-order valence-corrected chi connectivity index (χ0v) is 11.6. The molecule has 4 nitrogen and oxygen atoms in total.